The lowest BCUT2D eigenvalue weighted by Gasteiger charge is -2.31. The smallest absolute Gasteiger partial charge is 0.224 e. The van der Waals surface area contributed by atoms with Crippen molar-refractivity contribution in [1.82, 2.24) is 10.2 Å². The minimum Gasteiger partial charge on any atom is -0.355 e. The maximum absolute atomic E-state index is 12.3. The Bertz CT molecular complexity index is 580. The van der Waals surface area contributed by atoms with E-state index < -0.39 is 0 Å². The van der Waals surface area contributed by atoms with E-state index in [1.165, 1.54) is 16.7 Å². The van der Waals surface area contributed by atoms with Gasteiger partial charge in [-0.05, 0) is 62.8 Å². The van der Waals surface area contributed by atoms with E-state index in [1.807, 2.05) is 0 Å². The molecule has 1 amide bonds. The summed E-state index contributed by atoms with van der Waals surface area (Å²) < 4.78 is 0. The molecule has 0 spiro atoms. The summed E-state index contributed by atoms with van der Waals surface area (Å²) in [6.45, 7) is 9.35. The second-order valence-electron chi connectivity index (χ2n) is 6.76. The van der Waals surface area contributed by atoms with Crippen molar-refractivity contribution in [3.63, 3.8) is 0 Å². The standard InChI is InChI=1S/C19H27N3O/c1-14-9-15(2)18(16(3)10-14)11-19(23)21-12-17-5-4-7-22(13-17)8-6-20/h9-10,17H,4-5,7-8,11-13H2,1-3H3,(H,21,23). The molecular formula is C19H27N3O. The topological polar surface area (TPSA) is 56.1 Å². The van der Waals surface area contributed by atoms with Crippen LogP contribution in [0.15, 0.2) is 12.1 Å². The van der Waals surface area contributed by atoms with Crippen LogP contribution in [0.4, 0.5) is 0 Å². The molecule has 124 valence electrons. The van der Waals surface area contributed by atoms with Crippen molar-refractivity contribution >= 4 is 5.91 Å². The van der Waals surface area contributed by atoms with Crippen LogP contribution in [0.3, 0.4) is 0 Å². The highest BCUT2D eigenvalue weighted by Crippen LogP contribution is 2.18. The fourth-order valence-electron chi connectivity index (χ4n) is 3.53. The highest BCUT2D eigenvalue weighted by molar-refractivity contribution is 5.79. The van der Waals surface area contributed by atoms with Crippen LogP contribution in [-0.2, 0) is 11.2 Å². The van der Waals surface area contributed by atoms with Crippen LogP contribution >= 0.6 is 0 Å². The number of benzene rings is 1. The molecule has 23 heavy (non-hydrogen) atoms. The van der Waals surface area contributed by atoms with Gasteiger partial charge in [0.15, 0.2) is 0 Å². The predicted octanol–water partition coefficient (Wildman–Crippen LogP) is 2.51. The van der Waals surface area contributed by atoms with Gasteiger partial charge in [-0.3, -0.25) is 9.69 Å². The second kappa shape index (κ2) is 8.12. The Labute approximate surface area is 139 Å². The molecule has 1 heterocycles. The van der Waals surface area contributed by atoms with Crippen molar-refractivity contribution in [1.29, 1.82) is 5.26 Å². The van der Waals surface area contributed by atoms with Gasteiger partial charge in [0.05, 0.1) is 19.0 Å². The number of likely N-dealkylation sites (tertiary alicyclic amines) is 1. The van der Waals surface area contributed by atoms with E-state index in [0.29, 0.717) is 25.4 Å². The first kappa shape index (κ1) is 17.5. The highest BCUT2D eigenvalue weighted by Gasteiger charge is 2.20. The van der Waals surface area contributed by atoms with Gasteiger partial charge in [-0.2, -0.15) is 5.26 Å². The van der Waals surface area contributed by atoms with Gasteiger partial charge >= 0.3 is 0 Å². The summed E-state index contributed by atoms with van der Waals surface area (Å²) in [5.41, 5.74) is 4.76. The number of nitriles is 1. The number of hydrogen-bond acceptors (Lipinski definition) is 3. The Balaban J connectivity index is 1.85. The molecule has 0 radical (unpaired) electrons. The fraction of sp³-hybridized carbons (Fsp3) is 0.579. The minimum atomic E-state index is 0.0949. The van der Waals surface area contributed by atoms with Crippen molar-refractivity contribution in [2.75, 3.05) is 26.2 Å². The first-order valence-corrected chi connectivity index (χ1v) is 8.42. The first-order valence-electron chi connectivity index (χ1n) is 8.42. The lowest BCUT2D eigenvalue weighted by atomic mass is 9.96. The minimum absolute atomic E-state index is 0.0949. The summed E-state index contributed by atoms with van der Waals surface area (Å²) in [6.07, 6.45) is 2.69. The number of hydrogen-bond donors (Lipinski definition) is 1. The van der Waals surface area contributed by atoms with Crippen molar-refractivity contribution in [3.8, 4) is 6.07 Å². The van der Waals surface area contributed by atoms with Crippen molar-refractivity contribution in [3.05, 3.63) is 34.4 Å². The molecular weight excluding hydrogens is 286 g/mol. The van der Waals surface area contributed by atoms with E-state index >= 15 is 0 Å². The number of nitrogens with one attached hydrogen (secondary N) is 1. The Morgan fingerprint density at radius 1 is 1.35 bits per heavy atom. The zero-order valence-electron chi connectivity index (χ0n) is 14.5. The van der Waals surface area contributed by atoms with Gasteiger partial charge in [0.2, 0.25) is 5.91 Å². The van der Waals surface area contributed by atoms with Crippen molar-refractivity contribution in [2.45, 2.75) is 40.0 Å². The third kappa shape index (κ3) is 5.07. The molecule has 1 N–H and O–H groups in total. The van der Waals surface area contributed by atoms with Crippen LogP contribution in [0.5, 0.6) is 0 Å². The Morgan fingerprint density at radius 3 is 2.70 bits per heavy atom. The van der Waals surface area contributed by atoms with Crippen molar-refractivity contribution in [2.24, 2.45) is 5.92 Å². The molecule has 1 fully saturated rings. The summed E-state index contributed by atoms with van der Waals surface area (Å²) in [6, 6.07) is 6.48. The summed E-state index contributed by atoms with van der Waals surface area (Å²) in [5.74, 6) is 0.554. The van der Waals surface area contributed by atoms with Crippen LogP contribution in [-0.4, -0.2) is 37.0 Å². The molecule has 1 aliphatic heterocycles. The molecule has 0 aromatic heterocycles. The quantitative estimate of drug-likeness (QED) is 0.850. The largest absolute Gasteiger partial charge is 0.355 e. The molecule has 1 saturated heterocycles. The number of carbonyl (C=O) groups is 1. The van der Waals surface area contributed by atoms with Crippen LogP contribution < -0.4 is 5.32 Å². The molecule has 0 saturated carbocycles. The van der Waals surface area contributed by atoms with E-state index in [4.69, 9.17) is 5.26 Å². The average molecular weight is 313 g/mol. The van der Waals surface area contributed by atoms with E-state index in [-0.39, 0.29) is 5.91 Å². The number of rotatable bonds is 5. The van der Waals surface area contributed by atoms with Crippen LogP contribution in [0.25, 0.3) is 0 Å². The lowest BCUT2D eigenvalue weighted by Crippen LogP contribution is -2.41. The van der Waals surface area contributed by atoms with E-state index in [2.05, 4.69) is 49.2 Å². The molecule has 1 atom stereocenters. The SMILES string of the molecule is Cc1cc(C)c(CC(=O)NCC2CCCN(CC#N)C2)c(C)c1. The molecule has 0 aliphatic carbocycles. The van der Waals surface area contributed by atoms with Gasteiger partial charge in [0.25, 0.3) is 0 Å². The monoisotopic (exact) mass is 313 g/mol. The summed E-state index contributed by atoms with van der Waals surface area (Å²) in [5, 5.41) is 11.9. The normalized spacial score (nSPS) is 18.4. The maximum Gasteiger partial charge on any atom is 0.224 e. The third-order valence-corrected chi connectivity index (χ3v) is 4.66. The molecule has 0 bridgehead atoms. The molecule has 1 aliphatic rings. The number of carbonyl (C=O) groups excluding carboxylic acids is 1. The molecule has 1 aromatic carbocycles. The van der Waals surface area contributed by atoms with Crippen molar-refractivity contribution < 1.29 is 4.79 Å². The molecule has 2 rings (SSSR count). The third-order valence-electron chi connectivity index (χ3n) is 4.66. The molecule has 1 aromatic rings. The first-order chi connectivity index (χ1) is 11.0. The Hall–Kier alpha value is -1.86. The Morgan fingerprint density at radius 2 is 2.04 bits per heavy atom. The van der Waals surface area contributed by atoms with E-state index in [0.717, 1.165) is 31.5 Å². The fourth-order valence-corrected chi connectivity index (χ4v) is 3.53. The average Bonchev–Trinajstić information content (AvgIpc) is 2.49. The summed E-state index contributed by atoms with van der Waals surface area (Å²) in [4.78, 5) is 14.4. The molecule has 4 heteroatoms. The summed E-state index contributed by atoms with van der Waals surface area (Å²) >= 11 is 0. The van der Waals surface area contributed by atoms with Gasteiger partial charge in [-0.25, -0.2) is 0 Å². The zero-order valence-corrected chi connectivity index (χ0v) is 14.5. The lowest BCUT2D eigenvalue weighted by molar-refractivity contribution is -0.120. The van der Waals surface area contributed by atoms with Gasteiger partial charge in [0.1, 0.15) is 0 Å². The zero-order chi connectivity index (χ0) is 16.8. The van der Waals surface area contributed by atoms with E-state index in [1.54, 1.807) is 0 Å². The van der Waals surface area contributed by atoms with E-state index in [9.17, 15) is 4.79 Å². The summed E-state index contributed by atoms with van der Waals surface area (Å²) in [7, 11) is 0. The second-order valence-corrected chi connectivity index (χ2v) is 6.76. The predicted molar refractivity (Wildman–Crippen MR) is 92.1 cm³/mol. The van der Waals surface area contributed by atoms with Gasteiger partial charge in [0, 0.05) is 13.1 Å². The Kier molecular flexibility index (Phi) is 6.18. The number of amides is 1. The number of aryl methyl sites for hydroxylation is 3. The highest BCUT2D eigenvalue weighted by atomic mass is 16.1. The maximum atomic E-state index is 12.3. The van der Waals surface area contributed by atoms with Crippen LogP contribution in [0.2, 0.25) is 0 Å². The number of nitrogens with zero attached hydrogens (tertiary/aromatic N) is 2. The van der Waals surface area contributed by atoms with Gasteiger partial charge in [-0.15, -0.1) is 0 Å². The number of piperidine rings is 1. The van der Waals surface area contributed by atoms with Gasteiger partial charge < -0.3 is 5.32 Å². The van der Waals surface area contributed by atoms with Gasteiger partial charge in [-0.1, -0.05) is 17.7 Å². The van der Waals surface area contributed by atoms with Crippen LogP contribution in [0, 0.1) is 38.0 Å². The van der Waals surface area contributed by atoms with Crippen LogP contribution in [0.1, 0.15) is 35.1 Å². The molecule has 4 nitrogen and oxygen atoms in total. The molecule has 1 unspecified atom stereocenters.